The van der Waals surface area contributed by atoms with Crippen LogP contribution in [0.1, 0.15) is 35.5 Å². The first-order chi connectivity index (χ1) is 8.90. The fourth-order valence-corrected chi connectivity index (χ4v) is 2.54. The van der Waals surface area contributed by atoms with Gasteiger partial charge in [-0.2, -0.15) is 5.10 Å². The van der Waals surface area contributed by atoms with Crippen LogP contribution in [0.25, 0.3) is 0 Å². The van der Waals surface area contributed by atoms with E-state index in [0.29, 0.717) is 6.54 Å². The molecular formula is C14H17ClFN3. The summed E-state index contributed by atoms with van der Waals surface area (Å²) in [6.45, 7) is 6.43. The quantitative estimate of drug-likeness (QED) is 0.937. The van der Waals surface area contributed by atoms with E-state index < -0.39 is 5.82 Å². The van der Waals surface area contributed by atoms with Gasteiger partial charge in [-0.05, 0) is 38.5 Å². The van der Waals surface area contributed by atoms with Gasteiger partial charge in [-0.25, -0.2) is 4.39 Å². The van der Waals surface area contributed by atoms with Crippen LogP contribution in [0.4, 0.5) is 4.39 Å². The zero-order valence-corrected chi connectivity index (χ0v) is 12.0. The molecular weight excluding hydrogens is 265 g/mol. The summed E-state index contributed by atoms with van der Waals surface area (Å²) in [7, 11) is 0. The molecule has 0 bridgehead atoms. The average molecular weight is 282 g/mol. The standard InChI is InChI=1S/C14H17ClFN3/c1-8(17)14-9(2)18-19(10(14)3)7-11-4-5-13(16)12(15)6-11/h4-6,8H,7,17H2,1-3H3. The van der Waals surface area contributed by atoms with Gasteiger partial charge in [-0.3, -0.25) is 4.68 Å². The van der Waals surface area contributed by atoms with Crippen molar-refractivity contribution in [3.05, 3.63) is 51.6 Å². The second-order valence-electron chi connectivity index (χ2n) is 4.78. The number of hydrogen-bond acceptors (Lipinski definition) is 2. The molecule has 2 aromatic rings. The largest absolute Gasteiger partial charge is 0.324 e. The van der Waals surface area contributed by atoms with Crippen molar-refractivity contribution < 1.29 is 4.39 Å². The van der Waals surface area contributed by atoms with E-state index in [4.69, 9.17) is 17.3 Å². The van der Waals surface area contributed by atoms with E-state index in [1.807, 2.05) is 25.5 Å². The number of rotatable bonds is 3. The molecule has 102 valence electrons. The molecule has 0 radical (unpaired) electrons. The number of aromatic nitrogens is 2. The van der Waals surface area contributed by atoms with Crippen LogP contribution in [0, 0.1) is 19.7 Å². The van der Waals surface area contributed by atoms with Crippen LogP contribution in [0.5, 0.6) is 0 Å². The number of benzene rings is 1. The third-order valence-electron chi connectivity index (χ3n) is 3.21. The maximum absolute atomic E-state index is 13.1. The van der Waals surface area contributed by atoms with Crippen LogP contribution in [0.3, 0.4) is 0 Å². The van der Waals surface area contributed by atoms with Crippen molar-refractivity contribution in [2.75, 3.05) is 0 Å². The Morgan fingerprint density at radius 1 is 1.42 bits per heavy atom. The normalized spacial score (nSPS) is 12.7. The fourth-order valence-electron chi connectivity index (χ4n) is 2.33. The summed E-state index contributed by atoms with van der Waals surface area (Å²) in [5.41, 5.74) is 9.88. The van der Waals surface area contributed by atoms with E-state index in [-0.39, 0.29) is 11.1 Å². The van der Waals surface area contributed by atoms with Gasteiger partial charge in [-0.1, -0.05) is 17.7 Å². The monoisotopic (exact) mass is 281 g/mol. The summed E-state index contributed by atoms with van der Waals surface area (Å²) in [5.74, 6) is -0.407. The van der Waals surface area contributed by atoms with Crippen molar-refractivity contribution in [2.45, 2.75) is 33.4 Å². The fraction of sp³-hybridized carbons (Fsp3) is 0.357. The molecule has 0 saturated heterocycles. The summed E-state index contributed by atoms with van der Waals surface area (Å²) in [4.78, 5) is 0. The number of nitrogens with zero attached hydrogens (tertiary/aromatic N) is 2. The van der Waals surface area contributed by atoms with Gasteiger partial charge in [0.15, 0.2) is 0 Å². The predicted octanol–water partition coefficient (Wildman–Crippen LogP) is 3.36. The maximum atomic E-state index is 13.1. The Hall–Kier alpha value is -1.39. The first-order valence-electron chi connectivity index (χ1n) is 6.13. The highest BCUT2D eigenvalue weighted by atomic mass is 35.5. The first-order valence-corrected chi connectivity index (χ1v) is 6.51. The molecule has 0 spiro atoms. The Morgan fingerprint density at radius 2 is 2.11 bits per heavy atom. The van der Waals surface area contributed by atoms with Crippen LogP contribution >= 0.6 is 11.6 Å². The third-order valence-corrected chi connectivity index (χ3v) is 3.50. The second kappa shape index (κ2) is 5.31. The van der Waals surface area contributed by atoms with Gasteiger partial charge in [-0.15, -0.1) is 0 Å². The Kier molecular flexibility index (Phi) is 3.92. The average Bonchev–Trinajstić information content (AvgIpc) is 2.59. The van der Waals surface area contributed by atoms with Crippen LogP contribution in [-0.2, 0) is 6.54 Å². The lowest BCUT2D eigenvalue weighted by molar-refractivity contribution is 0.622. The molecule has 0 fully saturated rings. The van der Waals surface area contributed by atoms with Gasteiger partial charge in [0.25, 0.3) is 0 Å². The highest BCUT2D eigenvalue weighted by Crippen LogP contribution is 2.21. The highest BCUT2D eigenvalue weighted by Gasteiger charge is 2.15. The van der Waals surface area contributed by atoms with Crippen molar-refractivity contribution in [2.24, 2.45) is 5.73 Å². The topological polar surface area (TPSA) is 43.8 Å². The number of nitrogens with two attached hydrogens (primary N) is 1. The van der Waals surface area contributed by atoms with E-state index in [9.17, 15) is 4.39 Å². The van der Waals surface area contributed by atoms with Gasteiger partial charge in [0, 0.05) is 17.3 Å². The van der Waals surface area contributed by atoms with Gasteiger partial charge >= 0.3 is 0 Å². The van der Waals surface area contributed by atoms with Crippen LogP contribution in [0.2, 0.25) is 5.02 Å². The highest BCUT2D eigenvalue weighted by molar-refractivity contribution is 6.30. The molecule has 19 heavy (non-hydrogen) atoms. The van der Waals surface area contributed by atoms with Crippen molar-refractivity contribution in [1.82, 2.24) is 9.78 Å². The molecule has 1 unspecified atom stereocenters. The third kappa shape index (κ3) is 2.80. The summed E-state index contributed by atoms with van der Waals surface area (Å²) in [5, 5.41) is 4.61. The molecule has 1 heterocycles. The molecule has 0 saturated carbocycles. The molecule has 2 rings (SSSR count). The van der Waals surface area contributed by atoms with Gasteiger partial charge < -0.3 is 5.73 Å². The number of aryl methyl sites for hydroxylation is 1. The Balaban J connectivity index is 2.33. The maximum Gasteiger partial charge on any atom is 0.141 e. The minimum Gasteiger partial charge on any atom is -0.324 e. The zero-order chi connectivity index (χ0) is 14.2. The molecule has 2 N–H and O–H groups in total. The summed E-state index contributed by atoms with van der Waals surface area (Å²) in [6, 6.07) is 4.66. The van der Waals surface area contributed by atoms with E-state index in [2.05, 4.69) is 5.10 Å². The molecule has 0 aliphatic rings. The number of halogens is 2. The van der Waals surface area contributed by atoms with E-state index >= 15 is 0 Å². The second-order valence-corrected chi connectivity index (χ2v) is 5.19. The predicted molar refractivity (Wildman–Crippen MR) is 74.8 cm³/mol. The lowest BCUT2D eigenvalue weighted by Gasteiger charge is -2.08. The Bertz CT molecular complexity index is 605. The molecule has 1 atom stereocenters. The Labute approximate surface area is 117 Å². The van der Waals surface area contributed by atoms with Crippen molar-refractivity contribution in [3.63, 3.8) is 0 Å². The van der Waals surface area contributed by atoms with Crippen molar-refractivity contribution in [1.29, 1.82) is 0 Å². The summed E-state index contributed by atoms with van der Waals surface area (Å²) >= 11 is 5.78. The van der Waals surface area contributed by atoms with E-state index in [0.717, 1.165) is 22.5 Å². The lowest BCUT2D eigenvalue weighted by atomic mass is 10.1. The van der Waals surface area contributed by atoms with Crippen LogP contribution < -0.4 is 5.73 Å². The van der Waals surface area contributed by atoms with E-state index in [1.54, 1.807) is 12.1 Å². The SMILES string of the molecule is Cc1nn(Cc2ccc(F)c(Cl)c2)c(C)c1C(C)N. The molecule has 0 aliphatic carbocycles. The molecule has 0 aliphatic heterocycles. The Morgan fingerprint density at radius 3 is 2.63 bits per heavy atom. The molecule has 3 nitrogen and oxygen atoms in total. The van der Waals surface area contributed by atoms with Crippen LogP contribution in [0.15, 0.2) is 18.2 Å². The molecule has 1 aromatic carbocycles. The zero-order valence-electron chi connectivity index (χ0n) is 11.2. The summed E-state index contributed by atoms with van der Waals surface area (Å²) < 4.78 is 15.0. The first kappa shape index (κ1) is 14.0. The lowest BCUT2D eigenvalue weighted by Crippen LogP contribution is -2.09. The molecule has 1 aromatic heterocycles. The van der Waals surface area contributed by atoms with Crippen LogP contribution in [-0.4, -0.2) is 9.78 Å². The summed E-state index contributed by atoms with van der Waals surface area (Å²) in [6.07, 6.45) is 0. The minimum atomic E-state index is -0.407. The molecule has 0 amide bonds. The van der Waals surface area contributed by atoms with Gasteiger partial charge in [0.05, 0.1) is 17.3 Å². The van der Waals surface area contributed by atoms with E-state index in [1.165, 1.54) is 6.07 Å². The van der Waals surface area contributed by atoms with Gasteiger partial charge in [0.1, 0.15) is 5.82 Å². The van der Waals surface area contributed by atoms with Crippen molar-refractivity contribution in [3.8, 4) is 0 Å². The minimum absolute atomic E-state index is 0.0504. The van der Waals surface area contributed by atoms with Crippen molar-refractivity contribution >= 4 is 11.6 Å². The molecule has 5 heteroatoms. The smallest absolute Gasteiger partial charge is 0.141 e. The number of hydrogen-bond donors (Lipinski definition) is 1. The van der Waals surface area contributed by atoms with Gasteiger partial charge in [0.2, 0.25) is 0 Å².